The predicted molar refractivity (Wildman–Crippen MR) is 89.8 cm³/mol. The molecule has 23 heavy (non-hydrogen) atoms. The summed E-state index contributed by atoms with van der Waals surface area (Å²) in [5.74, 6) is -0.566. The molecule has 0 spiro atoms. The van der Waals surface area contributed by atoms with E-state index < -0.39 is 19.9 Å². The van der Waals surface area contributed by atoms with E-state index in [1.54, 1.807) is 0 Å². The molecule has 0 saturated heterocycles. The molecule has 0 aliphatic heterocycles. The zero-order chi connectivity index (χ0) is 17.7. The lowest BCUT2D eigenvalue weighted by molar-refractivity contribution is -0.148. The highest BCUT2D eigenvalue weighted by Gasteiger charge is 2.27. The normalized spacial score (nSPS) is 13.1. The number of unbranched alkanes of at least 4 members (excludes halogenated alkanes) is 4. The summed E-state index contributed by atoms with van der Waals surface area (Å²) in [5, 5.41) is 0. The van der Waals surface area contributed by atoms with E-state index >= 15 is 0 Å². The lowest BCUT2D eigenvalue weighted by Crippen LogP contribution is -2.31. The first-order valence-electron chi connectivity index (χ1n) is 8.37. The van der Waals surface area contributed by atoms with Gasteiger partial charge in [-0.15, -0.1) is 0 Å². The van der Waals surface area contributed by atoms with Gasteiger partial charge < -0.3 is 14.5 Å². The van der Waals surface area contributed by atoms with Crippen molar-refractivity contribution in [3.05, 3.63) is 12.7 Å². The number of hydrogen-bond acceptors (Lipinski definition) is 4. The molecule has 1 unspecified atom stereocenters. The van der Waals surface area contributed by atoms with Crippen molar-refractivity contribution >= 4 is 13.8 Å². The van der Waals surface area contributed by atoms with E-state index in [9.17, 15) is 9.36 Å². The molecule has 0 amide bonds. The van der Waals surface area contributed by atoms with E-state index in [4.69, 9.17) is 14.5 Å². The Morgan fingerprint density at radius 3 is 2.04 bits per heavy atom. The van der Waals surface area contributed by atoms with Crippen LogP contribution in [0.1, 0.15) is 65.2 Å². The Morgan fingerprint density at radius 1 is 1.13 bits per heavy atom. The lowest BCUT2D eigenvalue weighted by Gasteiger charge is -2.27. The van der Waals surface area contributed by atoms with Gasteiger partial charge in [0.25, 0.3) is 0 Å². The van der Waals surface area contributed by atoms with Crippen LogP contribution in [0.5, 0.6) is 0 Å². The van der Waals surface area contributed by atoms with E-state index in [0.717, 1.165) is 57.4 Å². The van der Waals surface area contributed by atoms with Crippen molar-refractivity contribution in [3.63, 3.8) is 0 Å². The third-order valence-corrected chi connectivity index (χ3v) is 4.21. The van der Waals surface area contributed by atoms with Gasteiger partial charge in [-0.1, -0.05) is 59.0 Å². The SMILES string of the molecule is C=CC(=O)OC(COP(=O)(O)O)C(CCCCC)CCCCC. The maximum Gasteiger partial charge on any atom is 0.469 e. The van der Waals surface area contributed by atoms with E-state index in [1.807, 2.05) is 0 Å². The highest BCUT2D eigenvalue weighted by atomic mass is 31.2. The molecule has 6 nitrogen and oxygen atoms in total. The molecule has 2 N–H and O–H groups in total. The Balaban J connectivity index is 4.86. The fraction of sp³-hybridized carbons (Fsp3) is 0.812. The summed E-state index contributed by atoms with van der Waals surface area (Å²) in [7, 11) is -4.59. The standard InChI is InChI=1S/C16H31O6P/c1-4-7-9-11-14(12-10-8-5-2)15(22-16(17)6-3)13-21-23(18,19)20/h6,14-15H,3-5,7-13H2,1-2H3,(H2,18,19,20). The number of carbonyl (C=O) groups is 1. The van der Waals surface area contributed by atoms with Crippen molar-refractivity contribution in [2.45, 2.75) is 71.3 Å². The second-order valence-electron chi connectivity index (χ2n) is 5.72. The van der Waals surface area contributed by atoms with Gasteiger partial charge in [0.1, 0.15) is 6.10 Å². The fourth-order valence-corrected chi connectivity index (χ4v) is 2.80. The quantitative estimate of drug-likeness (QED) is 0.213. The second-order valence-corrected chi connectivity index (χ2v) is 6.96. The van der Waals surface area contributed by atoms with Crippen molar-refractivity contribution in [1.82, 2.24) is 0 Å². The molecule has 0 saturated carbocycles. The molecule has 0 aliphatic carbocycles. The zero-order valence-electron chi connectivity index (χ0n) is 14.3. The van der Waals surface area contributed by atoms with E-state index in [1.165, 1.54) is 0 Å². The fourth-order valence-electron chi connectivity index (χ4n) is 2.46. The van der Waals surface area contributed by atoms with Gasteiger partial charge in [0.2, 0.25) is 0 Å². The number of phosphoric ester groups is 1. The summed E-state index contributed by atoms with van der Waals surface area (Å²) in [5.41, 5.74) is 0. The number of ether oxygens (including phenoxy) is 1. The highest BCUT2D eigenvalue weighted by molar-refractivity contribution is 7.46. The summed E-state index contributed by atoms with van der Waals surface area (Å²) < 4.78 is 20.8. The molecule has 0 fully saturated rings. The smallest absolute Gasteiger partial charge is 0.456 e. The van der Waals surface area contributed by atoms with Crippen LogP contribution in [0.2, 0.25) is 0 Å². The predicted octanol–water partition coefficient (Wildman–Crippen LogP) is 3.97. The molecule has 0 bridgehead atoms. The molecule has 0 heterocycles. The summed E-state index contributed by atoms with van der Waals surface area (Å²) in [6, 6.07) is 0. The van der Waals surface area contributed by atoms with Crippen molar-refractivity contribution in [2.24, 2.45) is 5.92 Å². The zero-order valence-corrected chi connectivity index (χ0v) is 15.2. The summed E-state index contributed by atoms with van der Waals surface area (Å²) >= 11 is 0. The molecular formula is C16H31O6P. The minimum Gasteiger partial charge on any atom is -0.456 e. The van der Waals surface area contributed by atoms with Crippen molar-refractivity contribution in [3.8, 4) is 0 Å². The van der Waals surface area contributed by atoms with Crippen LogP contribution in [-0.2, 0) is 18.6 Å². The summed E-state index contributed by atoms with van der Waals surface area (Å²) in [6.45, 7) is 7.28. The molecule has 0 radical (unpaired) electrons. The number of rotatable bonds is 14. The van der Waals surface area contributed by atoms with Gasteiger partial charge in [-0.25, -0.2) is 9.36 Å². The van der Waals surface area contributed by atoms with Crippen LogP contribution < -0.4 is 0 Å². The molecule has 0 rings (SSSR count). The van der Waals surface area contributed by atoms with Crippen LogP contribution in [0.4, 0.5) is 0 Å². The monoisotopic (exact) mass is 350 g/mol. The first-order chi connectivity index (χ1) is 10.8. The third kappa shape index (κ3) is 12.4. The maximum atomic E-state index is 11.5. The van der Waals surface area contributed by atoms with Gasteiger partial charge in [-0.3, -0.25) is 4.52 Å². The Bertz CT molecular complexity index is 369. The summed E-state index contributed by atoms with van der Waals surface area (Å²) in [4.78, 5) is 29.3. The molecule has 0 aliphatic rings. The lowest BCUT2D eigenvalue weighted by atomic mass is 9.90. The molecule has 0 aromatic carbocycles. The average molecular weight is 350 g/mol. The first-order valence-corrected chi connectivity index (χ1v) is 9.90. The van der Waals surface area contributed by atoms with Gasteiger partial charge in [-0.2, -0.15) is 0 Å². The van der Waals surface area contributed by atoms with E-state index in [0.29, 0.717) is 0 Å². The van der Waals surface area contributed by atoms with Crippen LogP contribution in [0.3, 0.4) is 0 Å². The first kappa shape index (κ1) is 22.3. The number of hydrogen-bond donors (Lipinski definition) is 2. The maximum absolute atomic E-state index is 11.5. The minimum atomic E-state index is -4.59. The molecular weight excluding hydrogens is 319 g/mol. The molecule has 7 heteroatoms. The highest BCUT2D eigenvalue weighted by Crippen LogP contribution is 2.37. The number of esters is 1. The van der Waals surface area contributed by atoms with Crippen molar-refractivity contribution in [1.29, 1.82) is 0 Å². The summed E-state index contributed by atoms with van der Waals surface area (Å²) in [6.07, 6.45) is 8.37. The van der Waals surface area contributed by atoms with Crippen LogP contribution >= 0.6 is 7.82 Å². The van der Waals surface area contributed by atoms with Crippen LogP contribution in [0.25, 0.3) is 0 Å². The Hall–Kier alpha value is -0.680. The number of phosphoric acid groups is 1. The van der Waals surface area contributed by atoms with Crippen molar-refractivity contribution < 1.29 is 28.4 Å². The number of carbonyl (C=O) groups excluding carboxylic acids is 1. The van der Waals surface area contributed by atoms with Gasteiger partial charge in [0.15, 0.2) is 0 Å². The Kier molecular flexibility index (Phi) is 12.3. The second kappa shape index (κ2) is 12.7. The van der Waals surface area contributed by atoms with Gasteiger partial charge in [0.05, 0.1) is 6.61 Å². The average Bonchev–Trinajstić information content (AvgIpc) is 2.49. The van der Waals surface area contributed by atoms with Gasteiger partial charge >= 0.3 is 13.8 Å². The molecule has 1 atom stereocenters. The van der Waals surface area contributed by atoms with E-state index in [-0.39, 0.29) is 12.5 Å². The van der Waals surface area contributed by atoms with Gasteiger partial charge in [0, 0.05) is 6.08 Å². The third-order valence-electron chi connectivity index (χ3n) is 3.72. The minimum absolute atomic E-state index is 0.0311. The van der Waals surface area contributed by atoms with Crippen LogP contribution in [-0.4, -0.2) is 28.5 Å². The topological polar surface area (TPSA) is 93.1 Å². The molecule has 0 aromatic rings. The molecule has 0 aromatic heterocycles. The Labute approximate surface area is 139 Å². The largest absolute Gasteiger partial charge is 0.469 e. The van der Waals surface area contributed by atoms with Gasteiger partial charge in [-0.05, 0) is 18.8 Å². The van der Waals surface area contributed by atoms with Crippen LogP contribution in [0.15, 0.2) is 12.7 Å². The van der Waals surface area contributed by atoms with E-state index in [2.05, 4.69) is 25.0 Å². The molecule has 136 valence electrons. The van der Waals surface area contributed by atoms with Crippen molar-refractivity contribution in [2.75, 3.05) is 6.61 Å². The Morgan fingerprint density at radius 2 is 1.65 bits per heavy atom. The van der Waals surface area contributed by atoms with Crippen LogP contribution in [0, 0.1) is 5.92 Å².